The molecule has 0 saturated carbocycles. The van der Waals surface area contributed by atoms with Crippen LogP contribution in [0.1, 0.15) is 72.8 Å². The maximum absolute atomic E-state index is 12.4. The van der Waals surface area contributed by atoms with Gasteiger partial charge in [0.05, 0.1) is 39.4 Å². The second-order valence-corrected chi connectivity index (χ2v) is 19.4. The molecule has 0 aliphatic carbocycles. The van der Waals surface area contributed by atoms with Gasteiger partial charge in [-0.1, -0.05) is 30.3 Å². The van der Waals surface area contributed by atoms with Gasteiger partial charge in [-0.05, 0) is 105 Å². The first-order valence-electron chi connectivity index (χ1n) is 21.3. The molecule has 0 unspecified atom stereocenters. The van der Waals surface area contributed by atoms with E-state index in [-0.39, 0.29) is 29.5 Å². The molecule has 6 saturated heterocycles. The predicted molar refractivity (Wildman–Crippen MR) is 217 cm³/mol. The minimum Gasteiger partial charge on any atom is -0.445 e. The van der Waals surface area contributed by atoms with E-state index in [4.69, 9.17) is 23.7 Å². The molecular weight excluding hydrogens is 729 g/mol. The maximum atomic E-state index is 12.4. The molecule has 6 aliphatic rings. The molecule has 0 radical (unpaired) electrons. The Labute approximate surface area is 341 Å². The smallest absolute Gasteiger partial charge is 0.410 e. The van der Waals surface area contributed by atoms with Crippen molar-refractivity contribution in [2.24, 2.45) is 11.8 Å². The van der Waals surface area contributed by atoms with Gasteiger partial charge in [0, 0.05) is 52.4 Å². The number of benzene rings is 1. The molecule has 2 spiro atoms. The molecule has 14 nitrogen and oxygen atoms in total. The summed E-state index contributed by atoms with van der Waals surface area (Å²) in [7, 11) is 2.21. The molecular formula is C43H70N6O8. The topological polar surface area (TPSA) is 117 Å². The number of amides is 3. The molecule has 0 bridgehead atoms. The van der Waals surface area contributed by atoms with Crippen LogP contribution >= 0.6 is 0 Å². The molecule has 57 heavy (non-hydrogen) atoms. The Morgan fingerprint density at radius 3 is 1.49 bits per heavy atom. The number of carbonyl (C=O) groups excluding carboxylic acids is 3. The highest BCUT2D eigenvalue weighted by molar-refractivity contribution is 5.70. The number of nitrogens with zero attached hydrogens (tertiary/aromatic N) is 6. The monoisotopic (exact) mass is 799 g/mol. The number of hydrogen-bond acceptors (Lipinski definition) is 11. The Morgan fingerprint density at radius 2 is 1.05 bits per heavy atom. The number of carbonyl (C=O) groups is 3. The fourth-order valence-corrected chi connectivity index (χ4v) is 8.83. The summed E-state index contributed by atoms with van der Waals surface area (Å²) >= 11 is 0. The highest BCUT2D eigenvalue weighted by atomic mass is 16.6. The van der Waals surface area contributed by atoms with Crippen LogP contribution < -0.4 is 0 Å². The number of likely N-dealkylation sites (tertiary alicyclic amines) is 4. The zero-order valence-corrected chi connectivity index (χ0v) is 35.8. The fourth-order valence-electron chi connectivity index (χ4n) is 8.83. The lowest BCUT2D eigenvalue weighted by Crippen LogP contribution is -2.71. The normalized spacial score (nSPS) is 23.6. The quantitative estimate of drug-likeness (QED) is 0.362. The molecule has 320 valence electrons. The number of rotatable bonds is 6. The summed E-state index contributed by atoms with van der Waals surface area (Å²) < 4.78 is 28.5. The van der Waals surface area contributed by atoms with Crippen molar-refractivity contribution >= 4 is 18.3 Å². The van der Waals surface area contributed by atoms with Crippen molar-refractivity contribution in [3.63, 3.8) is 0 Å². The first-order chi connectivity index (χ1) is 27.0. The Hall–Kier alpha value is -3.17. The summed E-state index contributed by atoms with van der Waals surface area (Å²) in [6.45, 7) is 25.4. The van der Waals surface area contributed by atoms with Crippen molar-refractivity contribution in [3.8, 4) is 0 Å². The van der Waals surface area contributed by atoms with E-state index in [0.29, 0.717) is 45.3 Å². The zero-order chi connectivity index (χ0) is 40.8. The number of morpholine rings is 2. The second kappa shape index (κ2) is 18.4. The van der Waals surface area contributed by atoms with Crippen LogP contribution in [0.5, 0.6) is 0 Å². The lowest BCUT2D eigenvalue weighted by molar-refractivity contribution is -0.179. The van der Waals surface area contributed by atoms with Gasteiger partial charge in [0.1, 0.15) is 29.0 Å². The third kappa shape index (κ3) is 12.7. The highest BCUT2D eigenvalue weighted by Gasteiger charge is 2.51. The lowest BCUT2D eigenvalue weighted by atomic mass is 9.90. The minimum absolute atomic E-state index is 0.166. The Morgan fingerprint density at radius 1 is 0.614 bits per heavy atom. The molecule has 3 amide bonds. The van der Waals surface area contributed by atoms with E-state index in [2.05, 4.69) is 21.7 Å². The van der Waals surface area contributed by atoms with Crippen molar-refractivity contribution in [2.45, 2.75) is 96.2 Å². The van der Waals surface area contributed by atoms with Gasteiger partial charge in [-0.25, -0.2) is 14.4 Å². The van der Waals surface area contributed by atoms with Gasteiger partial charge < -0.3 is 43.3 Å². The molecule has 6 aliphatic heterocycles. The Kier molecular flexibility index (Phi) is 14.0. The molecule has 7 rings (SSSR count). The van der Waals surface area contributed by atoms with Crippen LogP contribution in [0.25, 0.3) is 0 Å². The van der Waals surface area contributed by atoms with Gasteiger partial charge in [-0.15, -0.1) is 0 Å². The largest absolute Gasteiger partial charge is 0.445 e. The van der Waals surface area contributed by atoms with Crippen LogP contribution in [-0.4, -0.2) is 182 Å². The standard InChI is InChI=1S/C25H37N3O5.C18H33N3O3/c1-24(2,3)33-23(30)28-18-25(19-28)17-26(13-14-32-25)15-20-9-11-27(12-10-20)22(29)31-16-21-7-5-4-6-8-21;1-17(2,3)24-16(22)21-13-18(14-21)12-20(9-10-23-18)11-15-5-7-19(4)8-6-15/h4-8,20H,9-19H2,1-3H3;15H,5-14H2,1-4H3. The lowest BCUT2D eigenvalue weighted by Gasteiger charge is -2.54. The maximum Gasteiger partial charge on any atom is 0.410 e. The van der Waals surface area contributed by atoms with E-state index >= 15 is 0 Å². The van der Waals surface area contributed by atoms with Gasteiger partial charge >= 0.3 is 18.3 Å². The van der Waals surface area contributed by atoms with Crippen LogP contribution in [0.2, 0.25) is 0 Å². The van der Waals surface area contributed by atoms with E-state index in [0.717, 1.165) is 76.7 Å². The summed E-state index contributed by atoms with van der Waals surface area (Å²) in [5.74, 6) is 1.36. The number of ether oxygens (including phenoxy) is 5. The van der Waals surface area contributed by atoms with Gasteiger partial charge in [0.25, 0.3) is 0 Å². The molecule has 6 fully saturated rings. The highest BCUT2D eigenvalue weighted by Crippen LogP contribution is 2.33. The Balaban J connectivity index is 0.000000203. The Bertz CT molecular complexity index is 1470. The molecule has 1 aromatic rings. The van der Waals surface area contributed by atoms with Crippen molar-refractivity contribution in [3.05, 3.63) is 35.9 Å². The van der Waals surface area contributed by atoms with Gasteiger partial charge in [-0.2, -0.15) is 0 Å². The molecule has 1 aromatic carbocycles. The minimum atomic E-state index is -0.484. The number of hydrogen-bond donors (Lipinski definition) is 0. The summed E-state index contributed by atoms with van der Waals surface area (Å²) in [5.41, 5.74) is -0.351. The number of piperidine rings is 2. The average Bonchev–Trinajstić information content (AvgIpc) is 3.12. The summed E-state index contributed by atoms with van der Waals surface area (Å²) in [6, 6.07) is 9.77. The van der Waals surface area contributed by atoms with Crippen molar-refractivity contribution in [2.75, 3.05) is 112 Å². The van der Waals surface area contributed by atoms with Crippen molar-refractivity contribution < 1.29 is 38.1 Å². The van der Waals surface area contributed by atoms with Crippen LogP contribution in [-0.2, 0) is 30.3 Å². The summed E-state index contributed by atoms with van der Waals surface area (Å²) in [4.78, 5) is 49.6. The van der Waals surface area contributed by atoms with E-state index in [9.17, 15) is 14.4 Å². The van der Waals surface area contributed by atoms with Crippen LogP contribution in [0, 0.1) is 11.8 Å². The van der Waals surface area contributed by atoms with E-state index in [1.54, 1.807) is 9.80 Å². The van der Waals surface area contributed by atoms with E-state index in [1.807, 2.05) is 76.8 Å². The van der Waals surface area contributed by atoms with Crippen molar-refractivity contribution in [1.82, 2.24) is 29.4 Å². The average molecular weight is 799 g/mol. The van der Waals surface area contributed by atoms with Gasteiger partial charge in [0.2, 0.25) is 0 Å². The third-order valence-corrected chi connectivity index (χ3v) is 11.8. The van der Waals surface area contributed by atoms with Crippen LogP contribution in [0.3, 0.4) is 0 Å². The molecule has 6 heterocycles. The molecule has 14 heteroatoms. The summed E-state index contributed by atoms with van der Waals surface area (Å²) in [5, 5.41) is 0. The van der Waals surface area contributed by atoms with Crippen molar-refractivity contribution in [1.29, 1.82) is 0 Å². The zero-order valence-electron chi connectivity index (χ0n) is 35.8. The van der Waals surface area contributed by atoms with E-state index in [1.165, 1.54) is 32.5 Å². The molecule has 0 atom stereocenters. The molecule has 0 aromatic heterocycles. The third-order valence-electron chi connectivity index (χ3n) is 11.8. The SMILES string of the molecule is CC(C)(C)OC(=O)N1CC2(CN(CC3CCN(C(=O)OCc4ccccc4)CC3)CCO2)C1.CN1CCC(CN2CCOC3(C2)CN(C(=O)OC(C)(C)C)C3)CC1. The second-order valence-electron chi connectivity index (χ2n) is 19.4. The van der Waals surface area contributed by atoms with Crippen LogP contribution in [0.15, 0.2) is 30.3 Å². The van der Waals surface area contributed by atoms with Crippen LogP contribution in [0.4, 0.5) is 14.4 Å². The van der Waals surface area contributed by atoms with Gasteiger partial charge in [-0.3, -0.25) is 9.80 Å². The molecule has 0 N–H and O–H groups in total. The summed E-state index contributed by atoms with van der Waals surface area (Å²) in [6.07, 6.45) is 3.85. The first-order valence-corrected chi connectivity index (χ1v) is 21.3. The first kappa shape index (κ1) is 43.4. The fraction of sp³-hybridized carbons (Fsp3) is 0.791. The predicted octanol–water partition coefficient (Wildman–Crippen LogP) is 5.01. The van der Waals surface area contributed by atoms with Gasteiger partial charge in [0.15, 0.2) is 0 Å². The van der Waals surface area contributed by atoms with E-state index < -0.39 is 11.2 Å².